The summed E-state index contributed by atoms with van der Waals surface area (Å²) in [6.45, 7) is 0. The Morgan fingerprint density at radius 3 is 2.82 bits per heavy atom. The van der Waals surface area contributed by atoms with Gasteiger partial charge in [-0.15, -0.1) is 11.6 Å². The van der Waals surface area contributed by atoms with Crippen LogP contribution in [0.1, 0.15) is 5.69 Å². The summed E-state index contributed by atoms with van der Waals surface area (Å²) in [6.07, 6.45) is 1.62. The normalized spacial score (nSPS) is 10.3. The molecule has 0 aliphatic rings. The topological polar surface area (TPSA) is 22.1 Å². The summed E-state index contributed by atoms with van der Waals surface area (Å²) >= 11 is 8.91. The van der Waals surface area contributed by atoms with Gasteiger partial charge in [-0.2, -0.15) is 0 Å². The third-order valence-electron chi connectivity index (χ3n) is 2.05. The van der Waals surface area contributed by atoms with Gasteiger partial charge >= 0.3 is 0 Å². The molecule has 0 saturated heterocycles. The maximum absolute atomic E-state index is 12.9. The van der Waals surface area contributed by atoms with Gasteiger partial charge in [0.1, 0.15) is 17.3 Å². The maximum Gasteiger partial charge on any atom is 0.141 e. The van der Waals surface area contributed by atoms with E-state index in [-0.39, 0.29) is 5.82 Å². The molecule has 1 aromatic carbocycles. The van der Waals surface area contributed by atoms with Crippen LogP contribution < -0.4 is 4.74 Å². The third-order valence-corrected chi connectivity index (χ3v) is 2.94. The summed E-state index contributed by atoms with van der Waals surface area (Å²) in [6, 6.07) is 7.69. The first kappa shape index (κ1) is 12.3. The van der Waals surface area contributed by atoms with Gasteiger partial charge in [-0.3, -0.25) is 4.98 Å². The Hall–Kier alpha value is -1.13. The molecule has 0 atom stereocenters. The first-order valence-electron chi connectivity index (χ1n) is 4.83. The molecular formula is C12H8BrClFNO. The van der Waals surface area contributed by atoms with Gasteiger partial charge in [0.05, 0.1) is 16.0 Å². The fraction of sp³-hybridized carbons (Fsp3) is 0.0833. The predicted molar refractivity (Wildman–Crippen MR) is 68.0 cm³/mol. The zero-order valence-corrected chi connectivity index (χ0v) is 11.0. The number of alkyl halides is 1. The predicted octanol–water partition coefficient (Wildman–Crippen LogP) is 4.51. The smallest absolute Gasteiger partial charge is 0.141 e. The number of rotatable bonds is 3. The second kappa shape index (κ2) is 5.47. The number of aromatic nitrogens is 1. The summed E-state index contributed by atoms with van der Waals surface area (Å²) in [5.41, 5.74) is 0.724. The molecule has 88 valence electrons. The summed E-state index contributed by atoms with van der Waals surface area (Å²) in [5.74, 6) is 1.16. The molecule has 0 aliphatic heterocycles. The van der Waals surface area contributed by atoms with Crippen LogP contribution in [0.4, 0.5) is 4.39 Å². The zero-order valence-electron chi connectivity index (χ0n) is 8.66. The maximum atomic E-state index is 12.9. The molecule has 17 heavy (non-hydrogen) atoms. The highest BCUT2D eigenvalue weighted by Crippen LogP contribution is 2.30. The third kappa shape index (κ3) is 3.17. The van der Waals surface area contributed by atoms with E-state index >= 15 is 0 Å². The highest BCUT2D eigenvalue weighted by molar-refractivity contribution is 9.10. The Morgan fingerprint density at radius 1 is 1.29 bits per heavy atom. The zero-order chi connectivity index (χ0) is 12.3. The number of hydrogen-bond acceptors (Lipinski definition) is 2. The minimum absolute atomic E-state index is 0.319. The van der Waals surface area contributed by atoms with Gasteiger partial charge in [-0.25, -0.2) is 4.39 Å². The Morgan fingerprint density at radius 2 is 2.12 bits per heavy atom. The highest BCUT2D eigenvalue weighted by atomic mass is 79.9. The van der Waals surface area contributed by atoms with Crippen molar-refractivity contribution in [1.29, 1.82) is 0 Å². The molecule has 0 spiro atoms. The van der Waals surface area contributed by atoms with Crippen LogP contribution in [0.2, 0.25) is 0 Å². The minimum Gasteiger partial charge on any atom is -0.456 e. The number of benzene rings is 1. The van der Waals surface area contributed by atoms with E-state index in [1.165, 1.54) is 12.1 Å². The Balaban J connectivity index is 2.25. The van der Waals surface area contributed by atoms with Crippen molar-refractivity contribution >= 4 is 27.5 Å². The van der Waals surface area contributed by atoms with Crippen molar-refractivity contribution in [2.45, 2.75) is 5.88 Å². The van der Waals surface area contributed by atoms with Gasteiger partial charge in [-0.1, -0.05) is 0 Å². The van der Waals surface area contributed by atoms with Gasteiger partial charge in [0.25, 0.3) is 0 Å². The van der Waals surface area contributed by atoms with E-state index in [2.05, 4.69) is 20.9 Å². The van der Waals surface area contributed by atoms with E-state index in [4.69, 9.17) is 16.3 Å². The monoisotopic (exact) mass is 315 g/mol. The number of ether oxygens (including phenoxy) is 1. The van der Waals surface area contributed by atoms with E-state index in [1.807, 2.05) is 0 Å². The van der Waals surface area contributed by atoms with Crippen LogP contribution in [0.15, 0.2) is 41.0 Å². The lowest BCUT2D eigenvalue weighted by Crippen LogP contribution is -1.89. The fourth-order valence-corrected chi connectivity index (χ4v) is 1.86. The van der Waals surface area contributed by atoms with Gasteiger partial charge in [0.15, 0.2) is 0 Å². The Kier molecular flexibility index (Phi) is 3.97. The second-order valence-corrected chi connectivity index (χ2v) is 4.41. The van der Waals surface area contributed by atoms with Crippen molar-refractivity contribution in [3.63, 3.8) is 0 Å². The molecule has 2 rings (SSSR count). The van der Waals surface area contributed by atoms with Crippen LogP contribution in [0.3, 0.4) is 0 Å². The van der Waals surface area contributed by atoms with Gasteiger partial charge in [0, 0.05) is 12.3 Å². The Labute approximate surface area is 112 Å². The molecule has 1 aromatic heterocycles. The second-order valence-electron chi connectivity index (χ2n) is 3.29. The van der Waals surface area contributed by atoms with Crippen molar-refractivity contribution < 1.29 is 9.13 Å². The molecule has 5 heteroatoms. The lowest BCUT2D eigenvalue weighted by Gasteiger charge is -2.08. The van der Waals surface area contributed by atoms with Crippen molar-refractivity contribution in [2.75, 3.05) is 0 Å². The average Bonchev–Trinajstić information content (AvgIpc) is 2.33. The lowest BCUT2D eigenvalue weighted by molar-refractivity contribution is 0.476. The summed E-state index contributed by atoms with van der Waals surface area (Å²) in [5, 5.41) is 0. The van der Waals surface area contributed by atoms with E-state index in [0.717, 1.165) is 5.69 Å². The van der Waals surface area contributed by atoms with E-state index in [9.17, 15) is 4.39 Å². The van der Waals surface area contributed by atoms with E-state index in [1.54, 1.807) is 24.4 Å². The molecule has 0 radical (unpaired) electrons. The van der Waals surface area contributed by atoms with Crippen LogP contribution >= 0.6 is 27.5 Å². The van der Waals surface area contributed by atoms with Crippen molar-refractivity contribution in [3.05, 3.63) is 52.5 Å². The largest absolute Gasteiger partial charge is 0.456 e. The number of halogens is 3. The van der Waals surface area contributed by atoms with Gasteiger partial charge in [0.2, 0.25) is 0 Å². The van der Waals surface area contributed by atoms with Crippen LogP contribution in [-0.4, -0.2) is 4.98 Å². The average molecular weight is 317 g/mol. The first-order chi connectivity index (χ1) is 8.19. The summed E-state index contributed by atoms with van der Waals surface area (Å²) < 4.78 is 19.0. The first-order valence-corrected chi connectivity index (χ1v) is 6.15. The standard InChI is InChI=1S/C12H8BrClFNO/c13-11-5-8(15)1-2-12(11)17-10-3-4-16-9(6-10)7-14/h1-6H,7H2. The summed E-state index contributed by atoms with van der Waals surface area (Å²) in [4.78, 5) is 4.05. The molecule has 0 aliphatic carbocycles. The fourth-order valence-electron chi connectivity index (χ4n) is 1.28. The molecule has 0 bridgehead atoms. The number of nitrogens with zero attached hydrogens (tertiary/aromatic N) is 1. The molecule has 0 fully saturated rings. The van der Waals surface area contributed by atoms with Crippen LogP contribution in [-0.2, 0) is 5.88 Å². The van der Waals surface area contributed by atoms with E-state index < -0.39 is 0 Å². The molecule has 0 saturated carbocycles. The number of hydrogen-bond donors (Lipinski definition) is 0. The molecule has 0 unspecified atom stereocenters. The molecule has 2 nitrogen and oxygen atoms in total. The highest BCUT2D eigenvalue weighted by Gasteiger charge is 2.05. The van der Waals surface area contributed by atoms with Crippen molar-refractivity contribution in [1.82, 2.24) is 4.98 Å². The summed E-state index contributed by atoms with van der Waals surface area (Å²) in [7, 11) is 0. The molecule has 2 aromatic rings. The van der Waals surface area contributed by atoms with Crippen LogP contribution in [0, 0.1) is 5.82 Å². The van der Waals surface area contributed by atoms with E-state index in [0.29, 0.717) is 21.9 Å². The molecule has 1 heterocycles. The molecular weight excluding hydrogens is 308 g/mol. The Bertz CT molecular complexity index is 536. The minimum atomic E-state index is -0.319. The van der Waals surface area contributed by atoms with Gasteiger partial charge < -0.3 is 4.74 Å². The van der Waals surface area contributed by atoms with Crippen molar-refractivity contribution in [3.8, 4) is 11.5 Å². The van der Waals surface area contributed by atoms with Crippen molar-refractivity contribution in [2.24, 2.45) is 0 Å². The quantitative estimate of drug-likeness (QED) is 0.777. The SMILES string of the molecule is Fc1ccc(Oc2ccnc(CCl)c2)c(Br)c1. The van der Waals surface area contributed by atoms with Crippen LogP contribution in [0.25, 0.3) is 0 Å². The number of pyridine rings is 1. The van der Waals surface area contributed by atoms with Crippen LogP contribution in [0.5, 0.6) is 11.5 Å². The lowest BCUT2D eigenvalue weighted by atomic mass is 10.3. The molecule has 0 N–H and O–H groups in total. The van der Waals surface area contributed by atoms with Gasteiger partial charge in [-0.05, 0) is 40.2 Å². The molecule has 0 amide bonds.